The van der Waals surface area contributed by atoms with Crippen molar-refractivity contribution in [2.45, 2.75) is 0 Å². The molecule has 0 saturated heterocycles. The number of aromatic nitrogens is 2. The molecule has 1 heterocycles. The van der Waals surface area contributed by atoms with Crippen LogP contribution in [0.15, 0.2) is 40.9 Å². The Balaban J connectivity index is 2.34. The van der Waals surface area contributed by atoms with Crippen LogP contribution in [0, 0.1) is 9.65 Å². The van der Waals surface area contributed by atoms with Crippen LogP contribution in [-0.2, 0) is 0 Å². The summed E-state index contributed by atoms with van der Waals surface area (Å²) in [6.45, 7) is 0. The number of rotatable bonds is 1. The Labute approximate surface area is 110 Å². The minimum atomic E-state index is -0.251. The van der Waals surface area contributed by atoms with Crippen LogP contribution in [0.3, 0.4) is 0 Å². The van der Waals surface area contributed by atoms with Gasteiger partial charge in [-0.1, -0.05) is 29.4 Å². The van der Waals surface area contributed by atoms with Crippen molar-refractivity contribution < 1.29 is 8.91 Å². The van der Waals surface area contributed by atoms with E-state index in [1.807, 2.05) is 34.7 Å². The molecule has 0 atom stereocenters. The zero-order valence-corrected chi connectivity index (χ0v) is 10.7. The second kappa shape index (κ2) is 4.06. The monoisotopic (exact) mass is 340 g/mol. The molecule has 0 aliphatic heterocycles. The molecule has 84 valence electrons. The summed E-state index contributed by atoms with van der Waals surface area (Å²) in [4.78, 5) is 4.15. The third-order valence-corrected chi connectivity index (χ3v) is 2.94. The predicted octanol–water partition coefficient (Wildman–Crippen LogP) is 3.63. The molecule has 1 aromatic heterocycles. The molecule has 0 unspecified atom stereocenters. The van der Waals surface area contributed by atoms with Crippen molar-refractivity contribution in [3.8, 4) is 11.5 Å². The summed E-state index contributed by atoms with van der Waals surface area (Å²) in [5, 5.41) is 5.05. The Bertz CT molecular complexity index is 696. The predicted molar refractivity (Wildman–Crippen MR) is 69.9 cm³/mol. The highest BCUT2D eigenvalue weighted by Gasteiger charge is 2.12. The van der Waals surface area contributed by atoms with E-state index in [4.69, 9.17) is 4.52 Å². The van der Waals surface area contributed by atoms with Crippen molar-refractivity contribution in [2.75, 3.05) is 0 Å². The summed E-state index contributed by atoms with van der Waals surface area (Å²) < 4.78 is 19.3. The molecule has 17 heavy (non-hydrogen) atoms. The average molecular weight is 340 g/mol. The Hall–Kier alpha value is -1.50. The zero-order chi connectivity index (χ0) is 11.8. The summed E-state index contributed by atoms with van der Waals surface area (Å²) >= 11 is 1.97. The summed E-state index contributed by atoms with van der Waals surface area (Å²) in [7, 11) is 0. The van der Waals surface area contributed by atoms with Crippen LogP contribution in [0.25, 0.3) is 22.2 Å². The van der Waals surface area contributed by atoms with E-state index in [2.05, 4.69) is 10.1 Å². The van der Waals surface area contributed by atoms with Crippen molar-refractivity contribution >= 4 is 33.4 Å². The zero-order valence-electron chi connectivity index (χ0n) is 8.52. The van der Waals surface area contributed by atoms with E-state index in [1.165, 1.54) is 6.07 Å². The van der Waals surface area contributed by atoms with Crippen molar-refractivity contribution in [3.05, 3.63) is 46.0 Å². The minimum Gasteiger partial charge on any atom is -0.333 e. The molecule has 0 amide bonds. The van der Waals surface area contributed by atoms with Crippen LogP contribution in [0.5, 0.6) is 0 Å². The highest BCUT2D eigenvalue weighted by molar-refractivity contribution is 14.1. The molecule has 2 aromatic carbocycles. The van der Waals surface area contributed by atoms with Gasteiger partial charge in [-0.2, -0.15) is 4.98 Å². The quantitative estimate of drug-likeness (QED) is 0.635. The Kier molecular flexibility index (Phi) is 2.54. The van der Waals surface area contributed by atoms with Crippen LogP contribution in [0.1, 0.15) is 0 Å². The van der Waals surface area contributed by atoms with Crippen LogP contribution < -0.4 is 0 Å². The third kappa shape index (κ3) is 1.80. The first-order chi connectivity index (χ1) is 8.25. The molecule has 0 saturated carbocycles. The van der Waals surface area contributed by atoms with E-state index < -0.39 is 0 Å². The van der Waals surface area contributed by atoms with Gasteiger partial charge in [-0.05, 0) is 17.5 Å². The van der Waals surface area contributed by atoms with Crippen molar-refractivity contribution in [3.63, 3.8) is 0 Å². The van der Waals surface area contributed by atoms with Crippen molar-refractivity contribution in [1.82, 2.24) is 10.1 Å². The lowest BCUT2D eigenvalue weighted by atomic mass is 10.0. The molecule has 0 radical (unpaired) electrons. The van der Waals surface area contributed by atoms with Gasteiger partial charge in [-0.15, -0.1) is 0 Å². The first kappa shape index (κ1) is 10.6. The van der Waals surface area contributed by atoms with E-state index in [9.17, 15) is 4.39 Å². The molecule has 0 fully saturated rings. The van der Waals surface area contributed by atoms with E-state index in [0.29, 0.717) is 15.1 Å². The summed E-state index contributed by atoms with van der Waals surface area (Å²) in [5.74, 6) is 0.157. The van der Waals surface area contributed by atoms with Crippen LogP contribution >= 0.6 is 22.6 Å². The van der Waals surface area contributed by atoms with Crippen molar-refractivity contribution in [2.24, 2.45) is 0 Å². The van der Waals surface area contributed by atoms with Crippen LogP contribution in [-0.4, -0.2) is 10.1 Å². The summed E-state index contributed by atoms with van der Waals surface area (Å²) in [6.07, 6.45) is 0. The largest absolute Gasteiger partial charge is 0.333 e. The molecule has 3 aromatic rings. The van der Waals surface area contributed by atoms with Gasteiger partial charge in [0.05, 0.1) is 0 Å². The van der Waals surface area contributed by atoms with Crippen LogP contribution in [0.4, 0.5) is 4.39 Å². The number of hydrogen-bond donors (Lipinski definition) is 0. The van der Waals surface area contributed by atoms with Gasteiger partial charge in [0.25, 0.3) is 5.89 Å². The molecule has 0 N–H and O–H groups in total. The van der Waals surface area contributed by atoms with Gasteiger partial charge < -0.3 is 4.52 Å². The van der Waals surface area contributed by atoms with Gasteiger partial charge in [0, 0.05) is 33.5 Å². The van der Waals surface area contributed by atoms with Gasteiger partial charge in [0.2, 0.25) is 3.83 Å². The molecule has 0 aliphatic rings. The first-order valence-electron chi connectivity index (χ1n) is 4.92. The van der Waals surface area contributed by atoms with Gasteiger partial charge in [0.15, 0.2) is 0 Å². The van der Waals surface area contributed by atoms with E-state index in [1.54, 1.807) is 18.2 Å². The fourth-order valence-electron chi connectivity index (χ4n) is 1.76. The normalized spacial score (nSPS) is 10.9. The maximum Gasteiger partial charge on any atom is 0.259 e. The standard InChI is InChI=1S/C12H6FIN2O/c13-10-6-5-9(11-15-12(14)16-17-11)7-3-1-2-4-8(7)10/h1-6H. The molecular formula is C12H6FIN2O. The molecule has 3 nitrogen and oxygen atoms in total. The maximum atomic E-state index is 13.6. The highest BCUT2D eigenvalue weighted by Crippen LogP contribution is 2.29. The summed E-state index contributed by atoms with van der Waals surface area (Å²) in [6, 6.07) is 10.3. The van der Waals surface area contributed by atoms with Gasteiger partial charge >= 0.3 is 0 Å². The SMILES string of the molecule is Fc1ccc(-c2nc(I)no2)c2ccccc12. The Morgan fingerprint density at radius 3 is 2.53 bits per heavy atom. The second-order valence-electron chi connectivity index (χ2n) is 3.51. The third-order valence-electron chi connectivity index (χ3n) is 2.50. The average Bonchev–Trinajstić information content (AvgIpc) is 2.77. The Morgan fingerprint density at radius 1 is 1.06 bits per heavy atom. The lowest BCUT2D eigenvalue weighted by Gasteiger charge is -2.03. The number of nitrogens with zero attached hydrogens (tertiary/aromatic N) is 2. The molecular weight excluding hydrogens is 334 g/mol. The van der Waals surface area contributed by atoms with Gasteiger partial charge in [-0.25, -0.2) is 4.39 Å². The minimum absolute atomic E-state index is 0.251. The molecule has 0 aliphatic carbocycles. The fraction of sp³-hybridized carbons (Fsp3) is 0. The number of halogens is 2. The topological polar surface area (TPSA) is 38.9 Å². The van der Waals surface area contributed by atoms with E-state index in [-0.39, 0.29) is 5.82 Å². The van der Waals surface area contributed by atoms with Crippen molar-refractivity contribution in [1.29, 1.82) is 0 Å². The summed E-state index contributed by atoms with van der Waals surface area (Å²) in [5.41, 5.74) is 0.748. The molecule has 3 rings (SSSR count). The molecule has 0 bridgehead atoms. The number of benzene rings is 2. The lowest BCUT2D eigenvalue weighted by molar-refractivity contribution is 0.426. The first-order valence-corrected chi connectivity index (χ1v) is 6.00. The number of hydrogen-bond acceptors (Lipinski definition) is 3. The fourth-order valence-corrected chi connectivity index (χ4v) is 2.08. The number of fused-ring (bicyclic) bond motifs is 1. The maximum absolute atomic E-state index is 13.6. The molecule has 5 heteroatoms. The van der Waals surface area contributed by atoms with Gasteiger partial charge in [0.1, 0.15) is 5.82 Å². The van der Waals surface area contributed by atoms with E-state index >= 15 is 0 Å². The lowest BCUT2D eigenvalue weighted by Crippen LogP contribution is -1.85. The van der Waals surface area contributed by atoms with Crippen LogP contribution in [0.2, 0.25) is 0 Å². The molecule has 0 spiro atoms. The van der Waals surface area contributed by atoms with E-state index in [0.717, 1.165) is 10.9 Å². The highest BCUT2D eigenvalue weighted by atomic mass is 127. The van der Waals surface area contributed by atoms with Gasteiger partial charge in [-0.3, -0.25) is 0 Å². The Morgan fingerprint density at radius 2 is 1.82 bits per heavy atom. The smallest absolute Gasteiger partial charge is 0.259 e. The second-order valence-corrected chi connectivity index (χ2v) is 4.47.